The maximum Gasteiger partial charge on any atom is 0.278 e. The molecule has 0 amide bonds. The number of rotatable bonds is 6. The van der Waals surface area contributed by atoms with Gasteiger partial charge in [-0.25, -0.2) is 4.98 Å². The third-order valence-electron chi connectivity index (χ3n) is 4.39. The highest BCUT2D eigenvalue weighted by Crippen LogP contribution is 2.25. The number of Topliss-reactive ketones (excluding diaryl/α,β-unsaturated/α-hetero) is 1. The number of carbonyl (C=O) groups is 1. The Morgan fingerprint density at radius 2 is 1.96 bits per heavy atom. The van der Waals surface area contributed by atoms with E-state index in [1.54, 1.807) is 30.3 Å². The minimum atomic E-state index is -0.178. The Morgan fingerprint density at radius 1 is 1.21 bits per heavy atom. The fourth-order valence-corrected chi connectivity index (χ4v) is 4.05. The summed E-state index contributed by atoms with van der Waals surface area (Å²) in [5.74, 6) is 0.110. The van der Waals surface area contributed by atoms with Crippen LogP contribution in [0.5, 0.6) is 0 Å². The van der Waals surface area contributed by atoms with Crippen LogP contribution in [0.1, 0.15) is 10.4 Å². The van der Waals surface area contributed by atoms with Crippen LogP contribution in [0.3, 0.4) is 0 Å². The molecule has 4 rings (SSSR count). The van der Waals surface area contributed by atoms with E-state index in [2.05, 4.69) is 11.6 Å². The van der Waals surface area contributed by atoms with E-state index in [9.17, 15) is 9.59 Å². The lowest BCUT2D eigenvalue weighted by molar-refractivity contribution is 0.102. The van der Waals surface area contributed by atoms with Gasteiger partial charge in [0.15, 0.2) is 10.9 Å². The van der Waals surface area contributed by atoms with Gasteiger partial charge in [0.1, 0.15) is 11.0 Å². The smallest absolute Gasteiger partial charge is 0.278 e. The Hall–Kier alpha value is -2.83. The second kappa shape index (κ2) is 7.66. The van der Waals surface area contributed by atoms with Crippen LogP contribution in [0.15, 0.2) is 71.1 Å². The molecule has 0 aliphatic rings. The number of nitrogens with zero attached hydrogens (tertiary/aromatic N) is 2. The molecular weight excluding hydrogens is 394 g/mol. The number of fused-ring (bicyclic) bond motifs is 3. The lowest BCUT2D eigenvalue weighted by atomic mass is 10.1. The van der Waals surface area contributed by atoms with Crippen molar-refractivity contribution in [2.24, 2.45) is 0 Å². The van der Waals surface area contributed by atoms with Crippen molar-refractivity contribution >= 4 is 51.1 Å². The molecule has 0 saturated carbocycles. The van der Waals surface area contributed by atoms with Crippen LogP contribution >= 0.6 is 23.4 Å². The highest BCUT2D eigenvalue weighted by molar-refractivity contribution is 7.99. The van der Waals surface area contributed by atoms with E-state index < -0.39 is 0 Å². The first-order valence-electron chi connectivity index (χ1n) is 8.62. The summed E-state index contributed by atoms with van der Waals surface area (Å²) in [5, 5.41) is 1.95. The van der Waals surface area contributed by atoms with Crippen molar-refractivity contribution in [2.75, 3.05) is 5.75 Å². The average Bonchev–Trinajstić information content (AvgIpc) is 3.08. The summed E-state index contributed by atoms with van der Waals surface area (Å²) in [6.07, 6.45) is 1.64. The van der Waals surface area contributed by atoms with Crippen LogP contribution in [0.25, 0.3) is 21.9 Å². The Morgan fingerprint density at radius 3 is 2.71 bits per heavy atom. The van der Waals surface area contributed by atoms with Crippen molar-refractivity contribution in [1.82, 2.24) is 14.5 Å². The molecular formula is C21H16ClN3O2S. The second-order valence-corrected chi connectivity index (χ2v) is 7.59. The van der Waals surface area contributed by atoms with Crippen molar-refractivity contribution in [1.29, 1.82) is 0 Å². The molecule has 5 nitrogen and oxygen atoms in total. The SMILES string of the molecule is C=CCn1c(SCC(=O)c2ccc(Cl)cc2)nc2c([nH]c3ccccc32)c1=O. The predicted molar refractivity (Wildman–Crippen MR) is 115 cm³/mol. The molecule has 140 valence electrons. The first-order chi connectivity index (χ1) is 13.6. The number of aromatic nitrogens is 3. The molecule has 4 aromatic rings. The van der Waals surface area contributed by atoms with Gasteiger partial charge in [0, 0.05) is 28.0 Å². The Kier molecular flexibility index (Phi) is 5.07. The van der Waals surface area contributed by atoms with E-state index >= 15 is 0 Å². The first kappa shape index (κ1) is 18.5. The molecule has 0 unspecified atom stereocenters. The quantitative estimate of drug-likeness (QED) is 0.217. The minimum Gasteiger partial charge on any atom is -0.349 e. The molecule has 0 atom stereocenters. The summed E-state index contributed by atoms with van der Waals surface area (Å²) in [6, 6.07) is 14.4. The first-order valence-corrected chi connectivity index (χ1v) is 9.98. The lowest BCUT2D eigenvalue weighted by Gasteiger charge is -2.10. The molecule has 2 aromatic carbocycles. The van der Waals surface area contributed by atoms with Crippen LogP contribution in [0.4, 0.5) is 0 Å². The number of benzene rings is 2. The molecule has 2 heterocycles. The third-order valence-corrected chi connectivity index (χ3v) is 5.61. The van der Waals surface area contributed by atoms with Gasteiger partial charge in [-0.15, -0.1) is 6.58 Å². The number of thioether (sulfide) groups is 1. The van der Waals surface area contributed by atoms with Gasteiger partial charge in [0.2, 0.25) is 0 Å². The monoisotopic (exact) mass is 409 g/mol. The summed E-state index contributed by atoms with van der Waals surface area (Å²) in [6.45, 7) is 4.04. The summed E-state index contributed by atoms with van der Waals surface area (Å²) in [5.41, 5.74) is 2.32. The fourth-order valence-electron chi connectivity index (χ4n) is 3.03. The zero-order chi connectivity index (χ0) is 19.7. The normalized spacial score (nSPS) is 11.2. The highest BCUT2D eigenvalue weighted by atomic mass is 35.5. The van der Waals surface area contributed by atoms with Crippen molar-refractivity contribution < 1.29 is 4.79 Å². The van der Waals surface area contributed by atoms with Gasteiger partial charge in [-0.3, -0.25) is 14.2 Å². The van der Waals surface area contributed by atoms with E-state index in [0.717, 1.165) is 10.9 Å². The molecule has 1 N–H and O–H groups in total. The van der Waals surface area contributed by atoms with Crippen LogP contribution in [-0.4, -0.2) is 26.1 Å². The van der Waals surface area contributed by atoms with E-state index in [1.165, 1.54) is 16.3 Å². The van der Waals surface area contributed by atoms with Gasteiger partial charge < -0.3 is 4.98 Å². The number of nitrogens with one attached hydrogen (secondary N) is 1. The van der Waals surface area contributed by atoms with E-state index in [1.807, 2.05) is 24.3 Å². The number of halogens is 1. The van der Waals surface area contributed by atoms with Crippen LogP contribution < -0.4 is 5.56 Å². The van der Waals surface area contributed by atoms with Gasteiger partial charge in [-0.05, 0) is 30.3 Å². The molecule has 2 aromatic heterocycles. The van der Waals surface area contributed by atoms with E-state index in [0.29, 0.717) is 33.3 Å². The van der Waals surface area contributed by atoms with Gasteiger partial charge in [0.25, 0.3) is 5.56 Å². The Bertz CT molecular complexity index is 1260. The summed E-state index contributed by atoms with van der Waals surface area (Å²) >= 11 is 7.12. The number of ketones is 1. The van der Waals surface area contributed by atoms with Crippen LogP contribution in [0, 0.1) is 0 Å². The maximum atomic E-state index is 13.0. The largest absolute Gasteiger partial charge is 0.349 e. The molecule has 0 fully saturated rings. The average molecular weight is 410 g/mol. The van der Waals surface area contributed by atoms with Gasteiger partial charge in [0.05, 0.1) is 5.75 Å². The van der Waals surface area contributed by atoms with E-state index in [-0.39, 0.29) is 17.1 Å². The molecule has 0 radical (unpaired) electrons. The standard InChI is InChI=1S/C21H16ClN3O2S/c1-2-11-25-20(27)19-18(15-5-3-4-6-16(15)23-19)24-21(25)28-12-17(26)13-7-9-14(22)10-8-13/h2-10,23H,1,11-12H2. The molecule has 0 saturated heterocycles. The zero-order valence-electron chi connectivity index (χ0n) is 14.8. The molecule has 7 heteroatoms. The molecule has 0 aliphatic heterocycles. The Balaban J connectivity index is 1.74. The molecule has 0 aliphatic carbocycles. The minimum absolute atomic E-state index is 0.0555. The maximum absolute atomic E-state index is 13.0. The number of aromatic amines is 1. The van der Waals surface area contributed by atoms with Crippen LogP contribution in [-0.2, 0) is 6.54 Å². The van der Waals surface area contributed by atoms with Crippen LogP contribution in [0.2, 0.25) is 5.02 Å². The van der Waals surface area contributed by atoms with Gasteiger partial charge in [-0.1, -0.05) is 47.6 Å². The molecule has 28 heavy (non-hydrogen) atoms. The lowest BCUT2D eigenvalue weighted by Crippen LogP contribution is -2.23. The van der Waals surface area contributed by atoms with Crippen molar-refractivity contribution in [3.63, 3.8) is 0 Å². The summed E-state index contributed by atoms with van der Waals surface area (Å²) in [4.78, 5) is 33.3. The fraction of sp³-hybridized carbons (Fsp3) is 0.0952. The number of hydrogen-bond donors (Lipinski definition) is 1. The third kappa shape index (κ3) is 3.37. The Labute approximate surface area is 170 Å². The second-order valence-electron chi connectivity index (χ2n) is 6.21. The number of carbonyl (C=O) groups excluding carboxylic acids is 1. The van der Waals surface area contributed by atoms with Crippen molar-refractivity contribution in [3.8, 4) is 0 Å². The number of hydrogen-bond acceptors (Lipinski definition) is 4. The number of para-hydroxylation sites is 1. The molecule has 0 spiro atoms. The summed E-state index contributed by atoms with van der Waals surface area (Å²) in [7, 11) is 0. The molecule has 0 bridgehead atoms. The van der Waals surface area contributed by atoms with E-state index in [4.69, 9.17) is 16.6 Å². The highest BCUT2D eigenvalue weighted by Gasteiger charge is 2.16. The van der Waals surface area contributed by atoms with Crippen molar-refractivity contribution in [2.45, 2.75) is 11.7 Å². The topological polar surface area (TPSA) is 67.8 Å². The number of H-pyrrole nitrogens is 1. The van der Waals surface area contributed by atoms with Gasteiger partial charge >= 0.3 is 0 Å². The predicted octanol–water partition coefficient (Wildman–Crippen LogP) is 4.69. The summed E-state index contributed by atoms with van der Waals surface area (Å²) < 4.78 is 1.53. The zero-order valence-corrected chi connectivity index (χ0v) is 16.4. The number of allylic oxidation sites excluding steroid dienone is 1. The van der Waals surface area contributed by atoms with Crippen molar-refractivity contribution in [3.05, 3.63) is 82.1 Å². The van der Waals surface area contributed by atoms with Gasteiger partial charge in [-0.2, -0.15) is 0 Å².